The summed E-state index contributed by atoms with van der Waals surface area (Å²) in [4.78, 5) is 16.8. The Kier molecular flexibility index (Phi) is 8.33. The Hall–Kier alpha value is -2.16. The van der Waals surface area contributed by atoms with Gasteiger partial charge >= 0.3 is 5.97 Å². The van der Waals surface area contributed by atoms with E-state index in [-0.39, 0.29) is 5.97 Å². The van der Waals surface area contributed by atoms with Crippen molar-refractivity contribution in [2.75, 3.05) is 0 Å². The predicted molar refractivity (Wildman–Crippen MR) is 109 cm³/mol. The Balaban J connectivity index is 2.25. The van der Waals surface area contributed by atoms with Gasteiger partial charge in [0.2, 0.25) is 0 Å². The molecule has 0 aliphatic heterocycles. The van der Waals surface area contributed by atoms with Gasteiger partial charge in [0, 0.05) is 23.8 Å². The third-order valence-electron chi connectivity index (χ3n) is 4.59. The summed E-state index contributed by atoms with van der Waals surface area (Å²) < 4.78 is 5.71. The highest BCUT2D eigenvalue weighted by molar-refractivity contribution is 5.89. The number of fused-ring (bicyclic) bond motifs is 1. The van der Waals surface area contributed by atoms with Crippen LogP contribution in [0.2, 0.25) is 0 Å². The summed E-state index contributed by atoms with van der Waals surface area (Å²) in [6.07, 6.45) is 12.6. The van der Waals surface area contributed by atoms with E-state index in [0.717, 1.165) is 41.4 Å². The third kappa shape index (κ3) is 5.42. The van der Waals surface area contributed by atoms with E-state index in [9.17, 15) is 4.79 Å². The van der Waals surface area contributed by atoms with Gasteiger partial charge in [0.15, 0.2) is 0 Å². The van der Waals surface area contributed by atoms with E-state index < -0.39 is 0 Å². The molecule has 0 unspecified atom stereocenters. The van der Waals surface area contributed by atoms with Crippen molar-refractivity contribution in [3.05, 3.63) is 47.7 Å². The molecule has 26 heavy (non-hydrogen) atoms. The molecular weight excluding hydrogens is 322 g/mol. The summed E-state index contributed by atoms with van der Waals surface area (Å²) in [6, 6.07) is 7.89. The molecule has 0 saturated carbocycles. The topological polar surface area (TPSA) is 39.2 Å². The number of rotatable bonds is 10. The standard InChI is InChI=1S/C23H31NO2/c1-4-7-8-9-10-11-12-16-20-18(5-2)23(26-22(25)6-3)19-15-13-14-17-21(19)24-20/h11-15,17H,4-10,16H2,1-3H3/b12-11+. The Bertz CT molecular complexity index is 749. The number of unbranched alkanes of at least 4 members (excludes halogenated alkanes) is 4. The Morgan fingerprint density at radius 2 is 1.88 bits per heavy atom. The lowest BCUT2D eigenvalue weighted by molar-refractivity contribution is -0.133. The molecule has 0 aliphatic rings. The van der Waals surface area contributed by atoms with Gasteiger partial charge in [0.05, 0.1) is 11.2 Å². The van der Waals surface area contributed by atoms with E-state index in [1.54, 1.807) is 0 Å². The van der Waals surface area contributed by atoms with Crippen LogP contribution in [0, 0.1) is 0 Å². The van der Waals surface area contributed by atoms with Gasteiger partial charge < -0.3 is 4.74 Å². The van der Waals surface area contributed by atoms with Crippen molar-refractivity contribution < 1.29 is 9.53 Å². The Labute approximate surface area is 157 Å². The molecular formula is C23H31NO2. The molecule has 140 valence electrons. The second-order valence-corrected chi connectivity index (χ2v) is 6.59. The zero-order valence-electron chi connectivity index (χ0n) is 16.4. The van der Waals surface area contributed by atoms with Crippen molar-refractivity contribution >= 4 is 16.9 Å². The fraction of sp³-hybridized carbons (Fsp3) is 0.478. The fourth-order valence-electron chi connectivity index (χ4n) is 3.11. The van der Waals surface area contributed by atoms with Gasteiger partial charge in [-0.05, 0) is 31.4 Å². The summed E-state index contributed by atoms with van der Waals surface area (Å²) in [7, 11) is 0. The summed E-state index contributed by atoms with van der Waals surface area (Å²) in [6.45, 7) is 6.14. The molecule has 3 heteroatoms. The lowest BCUT2D eigenvalue weighted by Gasteiger charge is -2.15. The number of nitrogens with zero attached hydrogens (tertiary/aromatic N) is 1. The minimum Gasteiger partial charge on any atom is -0.425 e. The van der Waals surface area contributed by atoms with Crippen LogP contribution in [-0.2, 0) is 17.6 Å². The molecule has 0 fully saturated rings. The van der Waals surface area contributed by atoms with Crippen molar-refractivity contribution in [1.82, 2.24) is 4.98 Å². The van der Waals surface area contributed by atoms with Crippen molar-refractivity contribution in [3.8, 4) is 5.75 Å². The number of pyridine rings is 1. The SMILES string of the molecule is CCCCCC/C=C/Cc1nc2ccccc2c(OC(=O)CC)c1CC. The van der Waals surface area contributed by atoms with Gasteiger partial charge in [-0.25, -0.2) is 0 Å². The number of esters is 1. The predicted octanol–water partition coefficient (Wildman–Crippen LogP) is 6.18. The van der Waals surface area contributed by atoms with Crippen molar-refractivity contribution in [2.24, 2.45) is 0 Å². The van der Waals surface area contributed by atoms with Crippen molar-refractivity contribution in [2.45, 2.75) is 72.1 Å². The molecule has 1 heterocycles. The van der Waals surface area contributed by atoms with Gasteiger partial charge in [-0.3, -0.25) is 9.78 Å². The molecule has 0 N–H and O–H groups in total. The molecule has 0 spiro atoms. The minimum absolute atomic E-state index is 0.200. The normalized spacial score (nSPS) is 11.3. The first-order valence-electron chi connectivity index (χ1n) is 9.97. The molecule has 3 nitrogen and oxygen atoms in total. The first kappa shape index (κ1) is 20.2. The van der Waals surface area contributed by atoms with E-state index >= 15 is 0 Å². The number of benzene rings is 1. The summed E-state index contributed by atoms with van der Waals surface area (Å²) in [5, 5.41) is 0.915. The molecule has 1 aromatic carbocycles. The first-order chi connectivity index (χ1) is 12.7. The monoisotopic (exact) mass is 353 g/mol. The zero-order chi connectivity index (χ0) is 18.8. The number of ether oxygens (including phenoxy) is 1. The highest BCUT2D eigenvalue weighted by atomic mass is 16.5. The average Bonchev–Trinajstić information content (AvgIpc) is 2.67. The minimum atomic E-state index is -0.200. The van der Waals surface area contributed by atoms with E-state index in [1.807, 2.05) is 31.2 Å². The molecule has 0 amide bonds. The largest absolute Gasteiger partial charge is 0.425 e. The van der Waals surface area contributed by atoms with Crippen LogP contribution >= 0.6 is 0 Å². The highest BCUT2D eigenvalue weighted by Crippen LogP contribution is 2.32. The molecule has 0 bridgehead atoms. The summed E-state index contributed by atoms with van der Waals surface area (Å²) in [5.74, 6) is 0.491. The van der Waals surface area contributed by atoms with Crippen LogP contribution < -0.4 is 4.74 Å². The quantitative estimate of drug-likeness (QED) is 0.291. The number of carbonyl (C=O) groups is 1. The zero-order valence-corrected chi connectivity index (χ0v) is 16.4. The maximum atomic E-state index is 11.9. The van der Waals surface area contributed by atoms with Crippen molar-refractivity contribution in [1.29, 1.82) is 0 Å². The number of allylic oxidation sites excluding steroid dienone is 2. The van der Waals surface area contributed by atoms with Crippen LogP contribution in [0.15, 0.2) is 36.4 Å². The molecule has 0 radical (unpaired) electrons. The van der Waals surface area contributed by atoms with Crippen molar-refractivity contribution in [3.63, 3.8) is 0 Å². The van der Waals surface area contributed by atoms with E-state index in [1.165, 1.54) is 25.7 Å². The van der Waals surface area contributed by atoms with Gasteiger partial charge in [0.25, 0.3) is 0 Å². The highest BCUT2D eigenvalue weighted by Gasteiger charge is 2.16. The number of para-hydroxylation sites is 1. The van der Waals surface area contributed by atoms with E-state index in [0.29, 0.717) is 12.2 Å². The molecule has 2 aromatic rings. The Morgan fingerprint density at radius 1 is 1.08 bits per heavy atom. The number of hydrogen-bond donors (Lipinski definition) is 0. The second kappa shape index (κ2) is 10.7. The van der Waals surface area contributed by atoms with E-state index in [4.69, 9.17) is 9.72 Å². The molecule has 0 aliphatic carbocycles. The third-order valence-corrected chi connectivity index (χ3v) is 4.59. The number of hydrogen-bond acceptors (Lipinski definition) is 3. The molecule has 0 atom stereocenters. The second-order valence-electron chi connectivity index (χ2n) is 6.59. The number of aromatic nitrogens is 1. The van der Waals surface area contributed by atoms with Gasteiger partial charge in [-0.1, -0.05) is 64.3 Å². The van der Waals surface area contributed by atoms with Crippen LogP contribution in [-0.4, -0.2) is 11.0 Å². The summed E-state index contributed by atoms with van der Waals surface area (Å²) >= 11 is 0. The van der Waals surface area contributed by atoms with Crippen LogP contribution in [0.5, 0.6) is 5.75 Å². The van der Waals surface area contributed by atoms with Crippen LogP contribution in [0.3, 0.4) is 0 Å². The molecule has 0 saturated heterocycles. The van der Waals surface area contributed by atoms with Crippen LogP contribution in [0.1, 0.15) is 70.6 Å². The van der Waals surface area contributed by atoms with Gasteiger partial charge in [-0.15, -0.1) is 0 Å². The maximum Gasteiger partial charge on any atom is 0.310 e. The number of carbonyl (C=O) groups excluding carboxylic acids is 1. The lowest BCUT2D eigenvalue weighted by atomic mass is 10.0. The van der Waals surface area contributed by atoms with E-state index in [2.05, 4.69) is 26.0 Å². The Morgan fingerprint density at radius 3 is 2.62 bits per heavy atom. The summed E-state index contributed by atoms with van der Waals surface area (Å²) in [5.41, 5.74) is 2.94. The molecule has 2 rings (SSSR count). The van der Waals surface area contributed by atoms with Crippen LogP contribution in [0.25, 0.3) is 10.9 Å². The molecule has 1 aromatic heterocycles. The average molecular weight is 354 g/mol. The van der Waals surface area contributed by atoms with Crippen LogP contribution in [0.4, 0.5) is 0 Å². The smallest absolute Gasteiger partial charge is 0.310 e. The fourth-order valence-corrected chi connectivity index (χ4v) is 3.11. The maximum absolute atomic E-state index is 11.9. The van der Waals surface area contributed by atoms with Gasteiger partial charge in [-0.2, -0.15) is 0 Å². The lowest BCUT2D eigenvalue weighted by Crippen LogP contribution is -2.10. The first-order valence-corrected chi connectivity index (χ1v) is 9.97. The van der Waals surface area contributed by atoms with Gasteiger partial charge in [0.1, 0.15) is 5.75 Å².